The van der Waals surface area contributed by atoms with E-state index in [1.165, 1.54) is 0 Å². The van der Waals surface area contributed by atoms with Crippen LogP contribution in [0.3, 0.4) is 0 Å². The van der Waals surface area contributed by atoms with Gasteiger partial charge in [-0.1, -0.05) is 17.7 Å². The number of ether oxygens (including phenoxy) is 1. The summed E-state index contributed by atoms with van der Waals surface area (Å²) in [5.74, 6) is -0.508. The van der Waals surface area contributed by atoms with Gasteiger partial charge in [-0.15, -0.1) is 0 Å². The zero-order valence-corrected chi connectivity index (χ0v) is 13.0. The summed E-state index contributed by atoms with van der Waals surface area (Å²) >= 11 is 5.93. The van der Waals surface area contributed by atoms with E-state index in [4.69, 9.17) is 22.1 Å². The molecule has 1 aromatic rings. The van der Waals surface area contributed by atoms with Crippen LogP contribution in [0.5, 0.6) is 0 Å². The number of carbonyl (C=O) groups excluding carboxylic acids is 2. The topological polar surface area (TPSA) is 81.8 Å². The van der Waals surface area contributed by atoms with Crippen LogP contribution in [-0.4, -0.2) is 24.1 Å². The van der Waals surface area contributed by atoms with Crippen molar-refractivity contribution in [3.05, 3.63) is 40.6 Å². The fourth-order valence-corrected chi connectivity index (χ4v) is 2.41. The van der Waals surface area contributed by atoms with Gasteiger partial charge in [0.05, 0.1) is 18.0 Å². The first-order chi connectivity index (χ1) is 10.5. The van der Waals surface area contributed by atoms with E-state index in [0.29, 0.717) is 34.8 Å². The van der Waals surface area contributed by atoms with Crippen molar-refractivity contribution in [2.45, 2.75) is 26.2 Å². The molecule has 2 rings (SSSR count). The van der Waals surface area contributed by atoms with E-state index in [1.54, 1.807) is 31.2 Å². The molecule has 5 nitrogen and oxygen atoms in total. The van der Waals surface area contributed by atoms with Gasteiger partial charge in [-0.25, -0.2) is 4.79 Å². The predicted molar refractivity (Wildman–Crippen MR) is 85.3 cm³/mol. The number of ketones is 1. The Morgan fingerprint density at radius 2 is 2.18 bits per heavy atom. The Kier molecular flexibility index (Phi) is 5.33. The molecule has 116 valence electrons. The fraction of sp³-hybridized carbons (Fsp3) is 0.312. The summed E-state index contributed by atoms with van der Waals surface area (Å²) in [4.78, 5) is 28.0. The Bertz CT molecular complexity index is 665. The van der Waals surface area contributed by atoms with Crippen LogP contribution in [0.1, 0.15) is 26.2 Å². The molecule has 0 unspecified atom stereocenters. The van der Waals surface area contributed by atoms with Crippen LogP contribution < -0.4 is 5.73 Å². The van der Waals surface area contributed by atoms with Gasteiger partial charge in [-0.3, -0.25) is 9.79 Å². The molecule has 0 bridgehead atoms. The number of Topliss-reactive ketones (excluding diaryl/α,β-unsaturated/α-hetero) is 1. The number of halogens is 1. The van der Waals surface area contributed by atoms with Crippen molar-refractivity contribution in [1.82, 2.24) is 0 Å². The van der Waals surface area contributed by atoms with E-state index in [1.807, 2.05) is 0 Å². The van der Waals surface area contributed by atoms with Crippen molar-refractivity contribution in [3.63, 3.8) is 0 Å². The van der Waals surface area contributed by atoms with E-state index < -0.39 is 5.97 Å². The number of nitrogens with zero attached hydrogens (tertiary/aromatic N) is 1. The third-order valence-corrected chi connectivity index (χ3v) is 3.49. The van der Waals surface area contributed by atoms with Gasteiger partial charge in [0, 0.05) is 23.4 Å². The van der Waals surface area contributed by atoms with Crippen LogP contribution in [0.25, 0.3) is 0 Å². The molecule has 1 aliphatic carbocycles. The van der Waals surface area contributed by atoms with Gasteiger partial charge in [-0.2, -0.15) is 0 Å². The smallest absolute Gasteiger partial charge is 0.354 e. The minimum Gasteiger partial charge on any atom is -0.461 e. The van der Waals surface area contributed by atoms with Gasteiger partial charge in [0.2, 0.25) is 0 Å². The Hall–Kier alpha value is -2.14. The summed E-state index contributed by atoms with van der Waals surface area (Å²) in [5, 5.41) is 0.549. The lowest BCUT2D eigenvalue weighted by molar-refractivity contribution is -0.138. The summed E-state index contributed by atoms with van der Waals surface area (Å²) in [6.45, 7) is 1.95. The van der Waals surface area contributed by atoms with E-state index >= 15 is 0 Å². The number of benzene rings is 1. The molecule has 1 saturated carbocycles. The van der Waals surface area contributed by atoms with Gasteiger partial charge in [-0.05, 0) is 31.5 Å². The van der Waals surface area contributed by atoms with Crippen LogP contribution in [0.15, 0.2) is 40.5 Å². The number of carbonyl (C=O) groups is 2. The highest BCUT2D eigenvalue weighted by Crippen LogP contribution is 2.25. The summed E-state index contributed by atoms with van der Waals surface area (Å²) in [6.07, 6.45) is 0.898. The molecule has 0 radical (unpaired) electrons. The maximum Gasteiger partial charge on any atom is 0.354 e. The van der Waals surface area contributed by atoms with Crippen molar-refractivity contribution in [3.8, 4) is 0 Å². The van der Waals surface area contributed by atoms with E-state index in [-0.39, 0.29) is 24.5 Å². The highest BCUT2D eigenvalue weighted by atomic mass is 35.5. The van der Waals surface area contributed by atoms with Crippen LogP contribution in [0.4, 0.5) is 5.69 Å². The zero-order valence-electron chi connectivity index (χ0n) is 12.3. The van der Waals surface area contributed by atoms with Gasteiger partial charge in [0.25, 0.3) is 0 Å². The SMILES string of the molecule is CCOC(=O)/C(N)=C1\CCC(=O)CC1=Nc1cccc(Cl)c1. The van der Waals surface area contributed by atoms with Gasteiger partial charge in [0.1, 0.15) is 11.5 Å². The zero-order chi connectivity index (χ0) is 16.1. The number of rotatable bonds is 3. The molecule has 0 heterocycles. The van der Waals surface area contributed by atoms with Crippen molar-refractivity contribution >= 4 is 34.8 Å². The van der Waals surface area contributed by atoms with Crippen LogP contribution in [0.2, 0.25) is 5.02 Å². The predicted octanol–water partition coefficient (Wildman–Crippen LogP) is 2.94. The quantitative estimate of drug-likeness (QED) is 0.685. The molecule has 0 aliphatic heterocycles. The lowest BCUT2D eigenvalue weighted by atomic mass is 9.90. The summed E-state index contributed by atoms with van der Waals surface area (Å²) < 4.78 is 4.92. The monoisotopic (exact) mass is 320 g/mol. The molecule has 0 saturated heterocycles. The molecular formula is C16H17ClN2O3. The standard InChI is InChI=1S/C16H17ClN2O3/c1-2-22-16(21)15(18)13-7-6-12(20)9-14(13)19-11-5-3-4-10(17)8-11/h3-5,8H,2,6-7,9,18H2,1H3/b15-13-,19-14?. The molecular weight excluding hydrogens is 304 g/mol. The van der Waals surface area contributed by atoms with Gasteiger partial charge < -0.3 is 10.5 Å². The normalized spacial score (nSPS) is 19.2. The number of allylic oxidation sites excluding steroid dienone is 1. The number of hydrogen-bond donors (Lipinski definition) is 1. The molecule has 0 amide bonds. The molecule has 0 spiro atoms. The van der Waals surface area contributed by atoms with Crippen molar-refractivity contribution in [2.75, 3.05) is 6.61 Å². The number of hydrogen-bond acceptors (Lipinski definition) is 5. The molecule has 1 fully saturated rings. The Balaban J connectivity index is 2.41. The van der Waals surface area contributed by atoms with Crippen molar-refractivity contribution < 1.29 is 14.3 Å². The van der Waals surface area contributed by atoms with Crippen LogP contribution in [0, 0.1) is 0 Å². The Morgan fingerprint density at radius 3 is 2.86 bits per heavy atom. The number of aliphatic imine (C=N–C) groups is 1. The van der Waals surface area contributed by atoms with E-state index in [9.17, 15) is 9.59 Å². The van der Waals surface area contributed by atoms with E-state index in [2.05, 4.69) is 4.99 Å². The Morgan fingerprint density at radius 1 is 1.41 bits per heavy atom. The highest BCUT2D eigenvalue weighted by Gasteiger charge is 2.25. The molecule has 0 aromatic heterocycles. The van der Waals surface area contributed by atoms with Gasteiger partial charge in [0.15, 0.2) is 0 Å². The lowest BCUT2D eigenvalue weighted by Crippen LogP contribution is -2.25. The molecule has 1 aromatic carbocycles. The first-order valence-corrected chi connectivity index (χ1v) is 7.40. The third kappa shape index (κ3) is 3.95. The molecule has 2 N–H and O–H groups in total. The van der Waals surface area contributed by atoms with Crippen LogP contribution >= 0.6 is 11.6 Å². The first-order valence-electron chi connectivity index (χ1n) is 7.02. The average Bonchev–Trinajstić information content (AvgIpc) is 2.47. The Labute approximate surface area is 133 Å². The number of nitrogens with two attached hydrogens (primary N) is 1. The second kappa shape index (κ2) is 7.22. The maximum atomic E-state index is 11.8. The molecule has 1 aliphatic rings. The summed E-state index contributed by atoms with van der Waals surface area (Å²) in [7, 11) is 0. The number of esters is 1. The van der Waals surface area contributed by atoms with Crippen LogP contribution in [-0.2, 0) is 14.3 Å². The second-order valence-electron chi connectivity index (χ2n) is 4.87. The second-order valence-corrected chi connectivity index (χ2v) is 5.30. The lowest BCUT2D eigenvalue weighted by Gasteiger charge is -2.18. The average molecular weight is 321 g/mol. The molecule has 6 heteroatoms. The van der Waals surface area contributed by atoms with Crippen molar-refractivity contribution in [2.24, 2.45) is 10.7 Å². The van der Waals surface area contributed by atoms with Crippen molar-refractivity contribution in [1.29, 1.82) is 0 Å². The third-order valence-electron chi connectivity index (χ3n) is 3.26. The van der Waals surface area contributed by atoms with E-state index in [0.717, 1.165) is 0 Å². The fourth-order valence-electron chi connectivity index (χ4n) is 2.22. The molecule has 22 heavy (non-hydrogen) atoms. The molecule has 0 atom stereocenters. The first kappa shape index (κ1) is 16.2. The minimum atomic E-state index is -0.578. The summed E-state index contributed by atoms with van der Waals surface area (Å²) in [6, 6.07) is 6.97. The van der Waals surface area contributed by atoms with Gasteiger partial charge >= 0.3 is 5.97 Å². The summed E-state index contributed by atoms with van der Waals surface area (Å²) in [5.41, 5.74) is 7.61. The minimum absolute atomic E-state index is 0.0233. The largest absolute Gasteiger partial charge is 0.461 e. The highest BCUT2D eigenvalue weighted by molar-refractivity contribution is 6.30. The maximum absolute atomic E-state index is 11.8.